The largest absolute Gasteiger partial charge is 0.335 e. The van der Waals surface area contributed by atoms with Crippen LogP contribution in [-0.2, 0) is 10.0 Å². The van der Waals surface area contributed by atoms with Crippen molar-refractivity contribution >= 4 is 10.0 Å². The molecule has 17 heavy (non-hydrogen) atoms. The van der Waals surface area contributed by atoms with Crippen LogP contribution in [0.2, 0.25) is 0 Å². The topological polar surface area (TPSA) is 74.8 Å². The molecule has 1 fully saturated rings. The van der Waals surface area contributed by atoms with E-state index < -0.39 is 10.0 Å². The quantitative estimate of drug-likeness (QED) is 0.862. The highest BCUT2D eigenvalue weighted by molar-refractivity contribution is 7.89. The van der Waals surface area contributed by atoms with Crippen LogP contribution in [0, 0.1) is 11.8 Å². The third-order valence-electron chi connectivity index (χ3n) is 3.78. The van der Waals surface area contributed by atoms with Crippen molar-refractivity contribution in [2.45, 2.75) is 44.2 Å². The van der Waals surface area contributed by atoms with Crippen LogP contribution in [0.3, 0.4) is 0 Å². The van der Waals surface area contributed by atoms with Crippen LogP contribution in [0.4, 0.5) is 0 Å². The molecule has 3 unspecified atom stereocenters. The average Bonchev–Trinajstić information content (AvgIpc) is 2.78. The van der Waals surface area contributed by atoms with Gasteiger partial charge in [-0.1, -0.05) is 26.7 Å². The van der Waals surface area contributed by atoms with Crippen molar-refractivity contribution in [1.29, 1.82) is 0 Å². The molecule has 6 heteroatoms. The molecule has 5 nitrogen and oxygen atoms in total. The number of nitrogens with zero attached hydrogens (tertiary/aromatic N) is 1. The Kier molecular flexibility index (Phi) is 3.53. The molecule has 1 aromatic heterocycles. The minimum Gasteiger partial charge on any atom is -0.335 e. The minimum atomic E-state index is -3.44. The van der Waals surface area contributed by atoms with E-state index in [0.717, 1.165) is 12.8 Å². The summed E-state index contributed by atoms with van der Waals surface area (Å²) in [6.07, 6.45) is 5.89. The molecule has 96 valence electrons. The number of H-pyrrole nitrogens is 1. The molecule has 1 aliphatic carbocycles. The third-order valence-corrected chi connectivity index (χ3v) is 5.19. The van der Waals surface area contributed by atoms with Crippen molar-refractivity contribution < 1.29 is 8.42 Å². The Morgan fingerprint density at radius 2 is 2.18 bits per heavy atom. The Bertz CT molecular complexity index is 455. The van der Waals surface area contributed by atoms with Gasteiger partial charge in [-0.15, -0.1) is 0 Å². The van der Waals surface area contributed by atoms with E-state index in [0.29, 0.717) is 11.8 Å². The summed E-state index contributed by atoms with van der Waals surface area (Å²) in [7, 11) is -3.44. The summed E-state index contributed by atoms with van der Waals surface area (Å²) < 4.78 is 26.8. The number of hydrogen-bond acceptors (Lipinski definition) is 3. The van der Waals surface area contributed by atoms with E-state index in [1.54, 1.807) is 0 Å². The first-order chi connectivity index (χ1) is 8.00. The van der Waals surface area contributed by atoms with Crippen LogP contribution >= 0.6 is 0 Å². The van der Waals surface area contributed by atoms with Crippen LogP contribution in [-0.4, -0.2) is 24.4 Å². The molecule has 0 spiro atoms. The lowest BCUT2D eigenvalue weighted by Gasteiger charge is -2.34. The van der Waals surface area contributed by atoms with Crippen molar-refractivity contribution in [2.24, 2.45) is 11.8 Å². The lowest BCUT2D eigenvalue weighted by molar-refractivity contribution is 0.227. The van der Waals surface area contributed by atoms with Crippen LogP contribution < -0.4 is 4.72 Å². The zero-order valence-electron chi connectivity index (χ0n) is 10.2. The molecule has 0 bridgehead atoms. The highest BCUT2D eigenvalue weighted by atomic mass is 32.2. The van der Waals surface area contributed by atoms with E-state index >= 15 is 0 Å². The fourth-order valence-electron chi connectivity index (χ4n) is 2.40. The Morgan fingerprint density at radius 1 is 1.41 bits per heavy atom. The highest BCUT2D eigenvalue weighted by Crippen LogP contribution is 2.30. The number of imidazole rings is 1. The van der Waals surface area contributed by atoms with Crippen molar-refractivity contribution in [3.8, 4) is 0 Å². The molecule has 1 saturated carbocycles. The van der Waals surface area contributed by atoms with E-state index in [1.807, 2.05) is 0 Å². The number of aromatic amines is 1. The van der Waals surface area contributed by atoms with Crippen LogP contribution in [0.1, 0.15) is 33.1 Å². The smallest absolute Gasteiger partial charge is 0.257 e. The highest BCUT2D eigenvalue weighted by Gasteiger charge is 2.31. The van der Waals surface area contributed by atoms with Gasteiger partial charge >= 0.3 is 0 Å². The molecule has 1 heterocycles. The fourth-order valence-corrected chi connectivity index (χ4v) is 3.67. The maximum atomic E-state index is 12.0. The van der Waals surface area contributed by atoms with E-state index in [1.165, 1.54) is 18.9 Å². The van der Waals surface area contributed by atoms with Crippen LogP contribution in [0.5, 0.6) is 0 Å². The molecule has 1 aromatic rings. The SMILES string of the molecule is CC1CCCC(NS(=O)(=O)c2cnc[nH]2)C1C. The number of nitrogens with one attached hydrogen (secondary N) is 2. The Morgan fingerprint density at radius 3 is 2.82 bits per heavy atom. The second-order valence-corrected chi connectivity index (χ2v) is 6.59. The molecule has 0 aliphatic heterocycles. The first kappa shape index (κ1) is 12.6. The number of hydrogen-bond donors (Lipinski definition) is 2. The Labute approximate surface area is 102 Å². The van der Waals surface area contributed by atoms with Gasteiger partial charge in [0, 0.05) is 6.04 Å². The molecule has 0 radical (unpaired) electrons. The third kappa shape index (κ3) is 2.69. The molecular weight excluding hydrogens is 238 g/mol. The van der Waals surface area contributed by atoms with Gasteiger partial charge in [0.2, 0.25) is 0 Å². The van der Waals surface area contributed by atoms with Crippen molar-refractivity contribution in [3.05, 3.63) is 12.5 Å². The van der Waals surface area contributed by atoms with Crippen molar-refractivity contribution in [3.63, 3.8) is 0 Å². The standard InChI is InChI=1S/C11H19N3O2S/c1-8-4-3-5-10(9(8)2)14-17(15,16)11-6-12-7-13-11/h6-10,14H,3-5H2,1-2H3,(H,12,13). The lowest BCUT2D eigenvalue weighted by atomic mass is 9.78. The Balaban J connectivity index is 2.11. The first-order valence-corrected chi connectivity index (χ1v) is 7.50. The van der Waals surface area contributed by atoms with Gasteiger partial charge in [-0.2, -0.15) is 0 Å². The van der Waals surface area contributed by atoms with Crippen LogP contribution in [0.15, 0.2) is 17.6 Å². The van der Waals surface area contributed by atoms with Gasteiger partial charge in [0.05, 0.1) is 12.5 Å². The summed E-state index contributed by atoms with van der Waals surface area (Å²) in [4.78, 5) is 6.37. The van der Waals surface area contributed by atoms with E-state index in [-0.39, 0.29) is 11.1 Å². The zero-order chi connectivity index (χ0) is 12.5. The molecule has 1 aliphatic rings. The number of rotatable bonds is 3. The molecule has 2 rings (SSSR count). The summed E-state index contributed by atoms with van der Waals surface area (Å²) in [5.74, 6) is 0.944. The van der Waals surface area contributed by atoms with Gasteiger partial charge in [0.15, 0.2) is 5.03 Å². The molecule has 3 atom stereocenters. The summed E-state index contributed by atoms with van der Waals surface area (Å²) in [5.41, 5.74) is 0. The van der Waals surface area contributed by atoms with Crippen LogP contribution in [0.25, 0.3) is 0 Å². The predicted molar refractivity (Wildman–Crippen MR) is 64.9 cm³/mol. The van der Waals surface area contributed by atoms with Gasteiger partial charge in [-0.05, 0) is 18.3 Å². The number of sulfonamides is 1. The average molecular weight is 257 g/mol. The van der Waals surface area contributed by atoms with Crippen molar-refractivity contribution in [2.75, 3.05) is 0 Å². The second-order valence-electron chi connectivity index (χ2n) is 4.91. The molecule has 2 N–H and O–H groups in total. The lowest BCUT2D eigenvalue weighted by Crippen LogP contribution is -2.43. The van der Waals surface area contributed by atoms with Gasteiger partial charge in [0.1, 0.15) is 0 Å². The molecule has 0 amide bonds. The summed E-state index contributed by atoms with van der Waals surface area (Å²) >= 11 is 0. The zero-order valence-corrected chi connectivity index (χ0v) is 11.0. The molecule has 0 aromatic carbocycles. The maximum absolute atomic E-state index is 12.0. The fraction of sp³-hybridized carbons (Fsp3) is 0.727. The van der Waals surface area contributed by atoms with E-state index in [4.69, 9.17) is 0 Å². The van der Waals surface area contributed by atoms with Gasteiger partial charge in [0.25, 0.3) is 10.0 Å². The maximum Gasteiger partial charge on any atom is 0.257 e. The number of aromatic nitrogens is 2. The van der Waals surface area contributed by atoms with Gasteiger partial charge < -0.3 is 4.98 Å². The normalized spacial score (nSPS) is 30.4. The predicted octanol–water partition coefficient (Wildman–Crippen LogP) is 1.51. The summed E-state index contributed by atoms with van der Waals surface area (Å²) in [6.45, 7) is 4.30. The van der Waals surface area contributed by atoms with Gasteiger partial charge in [-0.3, -0.25) is 0 Å². The summed E-state index contributed by atoms with van der Waals surface area (Å²) in [5, 5.41) is 0.142. The van der Waals surface area contributed by atoms with E-state index in [9.17, 15) is 8.42 Å². The molecular formula is C11H19N3O2S. The van der Waals surface area contributed by atoms with Crippen molar-refractivity contribution in [1.82, 2.24) is 14.7 Å². The second kappa shape index (κ2) is 4.78. The Hall–Kier alpha value is -0.880. The van der Waals surface area contributed by atoms with Gasteiger partial charge in [-0.25, -0.2) is 18.1 Å². The monoisotopic (exact) mass is 257 g/mol. The minimum absolute atomic E-state index is 0.0343. The first-order valence-electron chi connectivity index (χ1n) is 6.01. The molecule has 0 saturated heterocycles. The summed E-state index contributed by atoms with van der Waals surface area (Å²) in [6, 6.07) is 0.0343. The van der Waals surface area contributed by atoms with E-state index in [2.05, 4.69) is 28.5 Å².